The van der Waals surface area contributed by atoms with Crippen LogP contribution in [0.25, 0.3) is 0 Å². The lowest BCUT2D eigenvalue weighted by Gasteiger charge is -2.32. The average molecular weight is 211 g/mol. The second-order valence-electron chi connectivity index (χ2n) is 5.43. The average Bonchev–Trinajstić information content (AvgIpc) is 2.53. The molecule has 0 aliphatic heterocycles. The van der Waals surface area contributed by atoms with Gasteiger partial charge in [0.05, 0.1) is 6.10 Å². The summed E-state index contributed by atoms with van der Waals surface area (Å²) >= 11 is 0. The van der Waals surface area contributed by atoms with Crippen molar-refractivity contribution in [1.82, 2.24) is 4.90 Å². The van der Waals surface area contributed by atoms with Crippen LogP contribution in [-0.2, 0) is 0 Å². The minimum absolute atomic E-state index is 0.0248. The first-order chi connectivity index (χ1) is 7.27. The molecule has 0 radical (unpaired) electrons. The van der Waals surface area contributed by atoms with E-state index in [1.165, 1.54) is 44.9 Å². The summed E-state index contributed by atoms with van der Waals surface area (Å²) in [5, 5.41) is 9.58. The van der Waals surface area contributed by atoms with E-state index in [-0.39, 0.29) is 6.10 Å². The van der Waals surface area contributed by atoms with Gasteiger partial charge in [-0.25, -0.2) is 0 Å². The van der Waals surface area contributed by atoms with Gasteiger partial charge in [-0.3, -0.25) is 0 Å². The fourth-order valence-corrected chi connectivity index (χ4v) is 3.27. The summed E-state index contributed by atoms with van der Waals surface area (Å²) in [5.41, 5.74) is 0. The van der Waals surface area contributed by atoms with E-state index in [4.69, 9.17) is 0 Å². The van der Waals surface area contributed by atoms with Crippen molar-refractivity contribution in [1.29, 1.82) is 0 Å². The second kappa shape index (κ2) is 5.31. The molecule has 0 amide bonds. The fraction of sp³-hybridized carbons (Fsp3) is 1.00. The Bertz CT molecular complexity index is 187. The summed E-state index contributed by atoms with van der Waals surface area (Å²) in [7, 11) is 2.28. The molecular weight excluding hydrogens is 186 g/mol. The largest absolute Gasteiger partial charge is 0.393 e. The van der Waals surface area contributed by atoms with Gasteiger partial charge in [0, 0.05) is 12.1 Å². The van der Waals surface area contributed by atoms with Gasteiger partial charge in [0.25, 0.3) is 0 Å². The van der Waals surface area contributed by atoms with Crippen LogP contribution in [0.3, 0.4) is 0 Å². The van der Waals surface area contributed by atoms with Crippen molar-refractivity contribution in [2.75, 3.05) is 7.05 Å². The van der Waals surface area contributed by atoms with Crippen LogP contribution in [0.2, 0.25) is 0 Å². The van der Waals surface area contributed by atoms with E-state index < -0.39 is 0 Å². The third-order valence-electron chi connectivity index (χ3n) is 4.35. The molecule has 2 unspecified atom stereocenters. The highest BCUT2D eigenvalue weighted by atomic mass is 16.3. The zero-order chi connectivity index (χ0) is 10.7. The summed E-state index contributed by atoms with van der Waals surface area (Å²) in [6.45, 7) is 0. The second-order valence-corrected chi connectivity index (χ2v) is 5.43. The van der Waals surface area contributed by atoms with Gasteiger partial charge >= 0.3 is 0 Å². The molecule has 2 saturated carbocycles. The van der Waals surface area contributed by atoms with Gasteiger partial charge in [0.2, 0.25) is 0 Å². The molecule has 2 nitrogen and oxygen atoms in total. The molecule has 2 aliphatic rings. The molecule has 0 saturated heterocycles. The predicted octanol–water partition coefficient (Wildman–Crippen LogP) is 2.55. The zero-order valence-corrected chi connectivity index (χ0v) is 9.99. The maximum atomic E-state index is 9.58. The Balaban J connectivity index is 1.85. The quantitative estimate of drug-likeness (QED) is 0.710. The summed E-state index contributed by atoms with van der Waals surface area (Å²) in [6, 6.07) is 1.45. The van der Waals surface area contributed by atoms with E-state index in [0.717, 1.165) is 18.9 Å². The summed E-state index contributed by atoms with van der Waals surface area (Å²) in [5.74, 6) is 0. The van der Waals surface area contributed by atoms with Gasteiger partial charge in [0.1, 0.15) is 0 Å². The Morgan fingerprint density at radius 3 is 2.07 bits per heavy atom. The van der Waals surface area contributed by atoms with Crippen LogP contribution in [-0.4, -0.2) is 35.2 Å². The molecule has 0 spiro atoms. The van der Waals surface area contributed by atoms with Gasteiger partial charge < -0.3 is 10.0 Å². The van der Waals surface area contributed by atoms with Crippen molar-refractivity contribution < 1.29 is 5.11 Å². The standard InChI is InChI=1S/C13H25NO/c1-14(12-8-9-13(15)10-12)11-6-4-2-3-5-7-11/h11-13,15H,2-10H2,1H3. The Kier molecular flexibility index (Phi) is 4.04. The van der Waals surface area contributed by atoms with Gasteiger partial charge in [-0.15, -0.1) is 0 Å². The Hall–Kier alpha value is -0.0800. The van der Waals surface area contributed by atoms with Crippen LogP contribution >= 0.6 is 0 Å². The fourth-order valence-electron chi connectivity index (χ4n) is 3.27. The summed E-state index contributed by atoms with van der Waals surface area (Å²) < 4.78 is 0. The number of aliphatic hydroxyl groups excluding tert-OH is 1. The van der Waals surface area contributed by atoms with E-state index in [2.05, 4.69) is 11.9 Å². The molecule has 0 aromatic heterocycles. The minimum atomic E-state index is -0.0248. The summed E-state index contributed by atoms with van der Waals surface area (Å²) in [4.78, 5) is 2.57. The molecule has 15 heavy (non-hydrogen) atoms. The molecule has 0 bridgehead atoms. The lowest BCUT2D eigenvalue weighted by atomic mass is 10.0. The van der Waals surface area contributed by atoms with Crippen molar-refractivity contribution in [2.24, 2.45) is 0 Å². The molecule has 88 valence electrons. The van der Waals surface area contributed by atoms with E-state index in [9.17, 15) is 5.11 Å². The Morgan fingerprint density at radius 1 is 0.867 bits per heavy atom. The zero-order valence-electron chi connectivity index (χ0n) is 9.99. The van der Waals surface area contributed by atoms with Crippen molar-refractivity contribution in [2.45, 2.75) is 76.0 Å². The number of aliphatic hydroxyl groups is 1. The van der Waals surface area contributed by atoms with E-state index in [1.807, 2.05) is 0 Å². The molecule has 0 heterocycles. The molecule has 1 N–H and O–H groups in total. The number of nitrogens with zero attached hydrogens (tertiary/aromatic N) is 1. The Labute approximate surface area is 93.7 Å². The molecule has 2 fully saturated rings. The van der Waals surface area contributed by atoms with Gasteiger partial charge in [-0.05, 0) is 39.2 Å². The van der Waals surface area contributed by atoms with Crippen molar-refractivity contribution in [3.8, 4) is 0 Å². The maximum Gasteiger partial charge on any atom is 0.0555 e. The molecule has 2 heteroatoms. The third-order valence-corrected chi connectivity index (χ3v) is 4.35. The van der Waals surface area contributed by atoms with Crippen LogP contribution in [0.5, 0.6) is 0 Å². The van der Waals surface area contributed by atoms with Crippen LogP contribution < -0.4 is 0 Å². The van der Waals surface area contributed by atoms with Crippen LogP contribution in [0, 0.1) is 0 Å². The molecular formula is C13H25NO. The minimum Gasteiger partial charge on any atom is -0.393 e. The van der Waals surface area contributed by atoms with E-state index in [1.54, 1.807) is 0 Å². The normalized spacial score (nSPS) is 34.6. The molecule has 0 aromatic rings. The Morgan fingerprint density at radius 2 is 1.53 bits per heavy atom. The first kappa shape index (κ1) is 11.4. The molecule has 2 aliphatic carbocycles. The lowest BCUT2D eigenvalue weighted by molar-refractivity contribution is 0.132. The monoisotopic (exact) mass is 211 g/mol. The van der Waals surface area contributed by atoms with Crippen LogP contribution in [0.4, 0.5) is 0 Å². The van der Waals surface area contributed by atoms with Gasteiger partial charge in [0.15, 0.2) is 0 Å². The lowest BCUT2D eigenvalue weighted by Crippen LogP contribution is -2.38. The molecule has 2 rings (SSSR count). The van der Waals surface area contributed by atoms with Crippen molar-refractivity contribution in [3.63, 3.8) is 0 Å². The number of rotatable bonds is 2. The van der Waals surface area contributed by atoms with E-state index in [0.29, 0.717) is 6.04 Å². The smallest absolute Gasteiger partial charge is 0.0555 e. The SMILES string of the molecule is CN(C1CCCCCC1)C1CCC(O)C1. The molecule has 2 atom stereocenters. The topological polar surface area (TPSA) is 23.5 Å². The van der Waals surface area contributed by atoms with Gasteiger partial charge in [-0.1, -0.05) is 25.7 Å². The predicted molar refractivity (Wildman–Crippen MR) is 62.9 cm³/mol. The van der Waals surface area contributed by atoms with Crippen LogP contribution in [0.15, 0.2) is 0 Å². The van der Waals surface area contributed by atoms with Crippen molar-refractivity contribution >= 4 is 0 Å². The van der Waals surface area contributed by atoms with Gasteiger partial charge in [-0.2, -0.15) is 0 Å². The van der Waals surface area contributed by atoms with E-state index >= 15 is 0 Å². The third kappa shape index (κ3) is 2.94. The number of hydrogen-bond donors (Lipinski definition) is 1. The highest BCUT2D eigenvalue weighted by Gasteiger charge is 2.29. The molecule has 0 aromatic carbocycles. The summed E-state index contributed by atoms with van der Waals surface area (Å²) in [6.07, 6.45) is 11.6. The van der Waals surface area contributed by atoms with Crippen molar-refractivity contribution in [3.05, 3.63) is 0 Å². The highest BCUT2D eigenvalue weighted by Crippen LogP contribution is 2.29. The highest BCUT2D eigenvalue weighted by molar-refractivity contribution is 4.85. The van der Waals surface area contributed by atoms with Crippen LogP contribution in [0.1, 0.15) is 57.8 Å². The first-order valence-electron chi connectivity index (χ1n) is 6.67. The number of hydrogen-bond acceptors (Lipinski definition) is 2. The first-order valence-corrected chi connectivity index (χ1v) is 6.67. The maximum absolute atomic E-state index is 9.58.